The Balaban J connectivity index is 2.06. The molecule has 130 valence electrons. The molecule has 0 fully saturated rings. The van der Waals surface area contributed by atoms with Crippen molar-refractivity contribution in [3.8, 4) is 0 Å². The third-order valence-corrected chi connectivity index (χ3v) is 3.68. The number of carbonyl (C=O) groups is 2. The summed E-state index contributed by atoms with van der Waals surface area (Å²) in [4.78, 5) is 34.4. The highest BCUT2D eigenvalue weighted by atomic mass is 35.5. The monoisotopic (exact) mass is 362 g/mol. The van der Waals surface area contributed by atoms with Crippen molar-refractivity contribution in [3.63, 3.8) is 0 Å². The Bertz CT molecular complexity index is 820. The number of hydrogen-bond donors (Lipinski definition) is 1. The lowest BCUT2D eigenvalue weighted by molar-refractivity contribution is -0.384. The summed E-state index contributed by atoms with van der Waals surface area (Å²) in [5, 5.41) is 13.4. The van der Waals surface area contributed by atoms with E-state index in [2.05, 4.69) is 5.32 Å². The van der Waals surface area contributed by atoms with Crippen molar-refractivity contribution in [1.82, 2.24) is 0 Å². The molecule has 8 heteroatoms. The van der Waals surface area contributed by atoms with E-state index in [-0.39, 0.29) is 16.3 Å². The van der Waals surface area contributed by atoms with Gasteiger partial charge in [-0.1, -0.05) is 29.3 Å². The maximum absolute atomic E-state index is 12.1. The summed E-state index contributed by atoms with van der Waals surface area (Å²) in [6.07, 6.45) is -1.11. The second kappa shape index (κ2) is 7.76. The van der Waals surface area contributed by atoms with Crippen molar-refractivity contribution in [2.45, 2.75) is 20.0 Å². The SMILES string of the molecule is Cc1ccc(NC(=O)[C@H](C)OC(=O)c2cc([N+](=O)[O-])ccc2Cl)cc1. The van der Waals surface area contributed by atoms with Crippen molar-refractivity contribution in [2.75, 3.05) is 5.32 Å². The van der Waals surface area contributed by atoms with Gasteiger partial charge in [0.25, 0.3) is 11.6 Å². The predicted octanol–water partition coefficient (Wildman–Crippen LogP) is 3.74. The average Bonchev–Trinajstić information content (AvgIpc) is 2.56. The zero-order chi connectivity index (χ0) is 18.6. The maximum atomic E-state index is 12.1. The number of rotatable bonds is 5. The highest BCUT2D eigenvalue weighted by molar-refractivity contribution is 6.33. The van der Waals surface area contributed by atoms with Crippen LogP contribution in [0.4, 0.5) is 11.4 Å². The summed E-state index contributed by atoms with van der Waals surface area (Å²) < 4.78 is 5.05. The van der Waals surface area contributed by atoms with Crippen LogP contribution in [0.1, 0.15) is 22.8 Å². The van der Waals surface area contributed by atoms with Crippen LogP contribution >= 0.6 is 11.6 Å². The summed E-state index contributed by atoms with van der Waals surface area (Å²) in [7, 11) is 0. The first kappa shape index (κ1) is 18.4. The molecule has 0 aliphatic rings. The standard InChI is InChI=1S/C17H15ClN2O5/c1-10-3-5-12(6-4-10)19-16(21)11(2)25-17(22)14-9-13(20(23)24)7-8-15(14)18/h3-9,11H,1-2H3,(H,19,21)/t11-/m0/s1. The van der Waals surface area contributed by atoms with Gasteiger partial charge in [0, 0.05) is 17.8 Å². The summed E-state index contributed by atoms with van der Waals surface area (Å²) in [5.74, 6) is -1.45. The molecule has 0 aliphatic carbocycles. The summed E-state index contributed by atoms with van der Waals surface area (Å²) in [6, 6.07) is 10.5. The molecular formula is C17H15ClN2O5. The van der Waals surface area contributed by atoms with Crippen LogP contribution < -0.4 is 5.32 Å². The lowest BCUT2D eigenvalue weighted by Gasteiger charge is -2.14. The molecule has 1 N–H and O–H groups in total. The van der Waals surface area contributed by atoms with Crippen LogP contribution in [0.5, 0.6) is 0 Å². The summed E-state index contributed by atoms with van der Waals surface area (Å²) >= 11 is 5.88. The number of anilines is 1. The minimum atomic E-state index is -1.11. The average molecular weight is 363 g/mol. The fourth-order valence-electron chi connectivity index (χ4n) is 1.94. The van der Waals surface area contributed by atoms with Crippen LogP contribution in [0.15, 0.2) is 42.5 Å². The van der Waals surface area contributed by atoms with E-state index < -0.39 is 22.9 Å². The van der Waals surface area contributed by atoms with E-state index in [0.717, 1.165) is 11.6 Å². The minimum Gasteiger partial charge on any atom is -0.449 e. The van der Waals surface area contributed by atoms with Gasteiger partial charge in [0.15, 0.2) is 6.10 Å². The van der Waals surface area contributed by atoms with Crippen LogP contribution in [-0.2, 0) is 9.53 Å². The number of ether oxygens (including phenoxy) is 1. The van der Waals surface area contributed by atoms with E-state index in [1.165, 1.54) is 19.1 Å². The van der Waals surface area contributed by atoms with Gasteiger partial charge in [-0.3, -0.25) is 14.9 Å². The maximum Gasteiger partial charge on any atom is 0.340 e. The Morgan fingerprint density at radius 1 is 1.20 bits per heavy atom. The van der Waals surface area contributed by atoms with Crippen LogP contribution in [0.2, 0.25) is 5.02 Å². The van der Waals surface area contributed by atoms with Gasteiger partial charge in [-0.15, -0.1) is 0 Å². The van der Waals surface area contributed by atoms with E-state index in [1.54, 1.807) is 12.1 Å². The van der Waals surface area contributed by atoms with Gasteiger partial charge in [-0.25, -0.2) is 4.79 Å². The topological polar surface area (TPSA) is 98.5 Å². The molecule has 25 heavy (non-hydrogen) atoms. The first-order chi connectivity index (χ1) is 11.8. The smallest absolute Gasteiger partial charge is 0.340 e. The number of nitro groups is 1. The fourth-order valence-corrected chi connectivity index (χ4v) is 2.14. The Kier molecular flexibility index (Phi) is 5.71. The molecule has 2 aromatic carbocycles. The van der Waals surface area contributed by atoms with Crippen molar-refractivity contribution >= 4 is 34.9 Å². The lowest BCUT2D eigenvalue weighted by Crippen LogP contribution is -2.30. The first-order valence-corrected chi connectivity index (χ1v) is 7.68. The first-order valence-electron chi connectivity index (χ1n) is 7.30. The van der Waals surface area contributed by atoms with E-state index in [1.807, 2.05) is 19.1 Å². The molecule has 2 rings (SSSR count). The van der Waals surface area contributed by atoms with Crippen molar-refractivity contribution in [2.24, 2.45) is 0 Å². The van der Waals surface area contributed by atoms with E-state index in [4.69, 9.17) is 16.3 Å². The molecule has 1 atom stereocenters. The number of carbonyl (C=O) groups excluding carboxylic acids is 2. The van der Waals surface area contributed by atoms with E-state index in [0.29, 0.717) is 5.69 Å². The Hall–Kier alpha value is -2.93. The fraction of sp³-hybridized carbons (Fsp3) is 0.176. The zero-order valence-electron chi connectivity index (χ0n) is 13.5. The molecule has 0 unspecified atom stereocenters. The van der Waals surface area contributed by atoms with Gasteiger partial charge in [-0.2, -0.15) is 0 Å². The lowest BCUT2D eigenvalue weighted by atomic mass is 10.2. The molecular weight excluding hydrogens is 348 g/mol. The molecule has 1 amide bonds. The Morgan fingerprint density at radius 2 is 1.84 bits per heavy atom. The molecule has 2 aromatic rings. The number of aryl methyl sites for hydroxylation is 1. The number of hydrogen-bond acceptors (Lipinski definition) is 5. The minimum absolute atomic E-state index is 0.00161. The number of non-ortho nitro benzene ring substituents is 1. The second-order valence-corrected chi connectivity index (χ2v) is 5.73. The van der Waals surface area contributed by atoms with E-state index >= 15 is 0 Å². The number of nitro benzene ring substituents is 1. The number of nitrogens with zero attached hydrogens (tertiary/aromatic N) is 1. The predicted molar refractivity (Wildman–Crippen MR) is 92.8 cm³/mol. The molecule has 0 saturated heterocycles. The molecule has 0 heterocycles. The molecule has 0 aromatic heterocycles. The van der Waals surface area contributed by atoms with Crippen molar-refractivity contribution in [3.05, 3.63) is 68.7 Å². The quantitative estimate of drug-likeness (QED) is 0.496. The van der Waals surface area contributed by atoms with Gasteiger partial charge in [0.05, 0.1) is 15.5 Å². The number of amides is 1. The van der Waals surface area contributed by atoms with Crippen molar-refractivity contribution in [1.29, 1.82) is 0 Å². The summed E-state index contributed by atoms with van der Waals surface area (Å²) in [5.41, 5.74) is 1.13. The molecule has 0 aliphatic heterocycles. The van der Waals surface area contributed by atoms with Gasteiger partial charge < -0.3 is 10.1 Å². The van der Waals surface area contributed by atoms with Crippen LogP contribution in [-0.4, -0.2) is 22.9 Å². The largest absolute Gasteiger partial charge is 0.449 e. The van der Waals surface area contributed by atoms with Gasteiger partial charge in [0.2, 0.25) is 0 Å². The zero-order valence-corrected chi connectivity index (χ0v) is 14.2. The van der Waals surface area contributed by atoms with Crippen LogP contribution in [0, 0.1) is 17.0 Å². The molecule has 0 saturated carbocycles. The number of halogens is 1. The third-order valence-electron chi connectivity index (χ3n) is 3.35. The molecule has 7 nitrogen and oxygen atoms in total. The van der Waals surface area contributed by atoms with Crippen LogP contribution in [0.3, 0.4) is 0 Å². The highest BCUT2D eigenvalue weighted by Crippen LogP contribution is 2.23. The molecule has 0 bridgehead atoms. The highest BCUT2D eigenvalue weighted by Gasteiger charge is 2.22. The van der Waals surface area contributed by atoms with Crippen molar-refractivity contribution < 1.29 is 19.2 Å². The second-order valence-electron chi connectivity index (χ2n) is 5.32. The van der Waals surface area contributed by atoms with Gasteiger partial charge in [0.1, 0.15) is 0 Å². The normalized spacial score (nSPS) is 11.5. The molecule has 0 spiro atoms. The molecule has 0 radical (unpaired) electrons. The number of nitrogens with one attached hydrogen (secondary N) is 1. The Morgan fingerprint density at radius 3 is 2.44 bits per heavy atom. The Labute approximate surface area is 148 Å². The van der Waals surface area contributed by atoms with Gasteiger partial charge in [-0.05, 0) is 32.0 Å². The van der Waals surface area contributed by atoms with Gasteiger partial charge >= 0.3 is 5.97 Å². The number of esters is 1. The third kappa shape index (κ3) is 4.77. The van der Waals surface area contributed by atoms with Crippen LogP contribution in [0.25, 0.3) is 0 Å². The van der Waals surface area contributed by atoms with E-state index in [9.17, 15) is 19.7 Å². The number of benzene rings is 2. The summed E-state index contributed by atoms with van der Waals surface area (Å²) in [6.45, 7) is 3.31.